The summed E-state index contributed by atoms with van der Waals surface area (Å²) in [5.74, 6) is 0. The largest absolute Gasteiger partial charge is 2.00 e. The van der Waals surface area contributed by atoms with Gasteiger partial charge in [0.05, 0.1) is 0 Å². The Morgan fingerprint density at radius 1 is 1.53 bits per heavy atom. The number of halogens is 2. The van der Waals surface area contributed by atoms with Crippen LogP contribution in [0.1, 0.15) is 11.1 Å². The van der Waals surface area contributed by atoms with E-state index < -0.39 is 26.0 Å². The number of hydrogen-bond acceptors (Lipinski definition) is 3. The van der Waals surface area contributed by atoms with Gasteiger partial charge in [-0.3, -0.25) is 0 Å². The Bertz CT molecular complexity index is 443. The molecule has 0 bridgehead atoms. The molecule has 0 fully saturated rings. The summed E-state index contributed by atoms with van der Waals surface area (Å²) in [5.41, 5.74) is 3.06. The van der Waals surface area contributed by atoms with Gasteiger partial charge in [0.25, 0.3) is 0 Å². The molecule has 0 atom stereocenters. The molecule has 88 valence electrons. The quantitative estimate of drug-likeness (QED) is 0.161. The summed E-state index contributed by atoms with van der Waals surface area (Å²) in [4.78, 5) is 0. The van der Waals surface area contributed by atoms with Crippen LogP contribution in [0.4, 0.5) is 0 Å². The third-order valence-corrected chi connectivity index (χ3v) is 5.17. The van der Waals surface area contributed by atoms with Crippen LogP contribution < -0.4 is 26.7 Å². The molecule has 1 aliphatic rings. The molecule has 3 nitrogen and oxygen atoms in total. The van der Waals surface area contributed by atoms with Crippen LogP contribution >= 0.6 is 22.6 Å². The van der Waals surface area contributed by atoms with Crippen molar-refractivity contribution >= 4 is 45.3 Å². The SMILES string of the molecule is N=[C-]Cc1ccc2c(c1I)B(O)[I-]N=C2.[CH3-].[U+2]. The van der Waals surface area contributed by atoms with E-state index in [4.69, 9.17) is 5.41 Å². The first-order valence-electron chi connectivity index (χ1n) is 4.29. The fourth-order valence-electron chi connectivity index (χ4n) is 1.42. The molecular weight excluding hydrogens is 667 g/mol. The number of nitrogens with zero attached hydrogens (tertiary/aromatic N) is 1. The van der Waals surface area contributed by atoms with E-state index in [0.29, 0.717) is 6.42 Å². The molecule has 1 aromatic carbocycles. The van der Waals surface area contributed by atoms with Gasteiger partial charge in [0.15, 0.2) is 0 Å². The minimum atomic E-state index is -0.523. The van der Waals surface area contributed by atoms with Crippen molar-refractivity contribution in [3.05, 3.63) is 34.3 Å². The van der Waals surface area contributed by atoms with Gasteiger partial charge in [-0.05, 0) is 0 Å². The summed E-state index contributed by atoms with van der Waals surface area (Å²) >= 11 is 1.71. The van der Waals surface area contributed by atoms with Crippen LogP contribution in [-0.2, 0) is 6.42 Å². The smallest absolute Gasteiger partial charge is 0.358 e. The van der Waals surface area contributed by atoms with Crippen LogP contribution in [0.2, 0.25) is 0 Å². The third-order valence-electron chi connectivity index (χ3n) is 2.15. The number of fused-ring (bicyclic) bond motifs is 1. The van der Waals surface area contributed by atoms with Crippen LogP contribution in [0.3, 0.4) is 0 Å². The molecule has 1 aromatic rings. The Labute approximate surface area is 150 Å². The average molecular weight is 677 g/mol. The predicted molar refractivity (Wildman–Crippen MR) is 72.2 cm³/mol. The molecule has 0 amide bonds. The van der Waals surface area contributed by atoms with Gasteiger partial charge < -0.3 is 7.43 Å². The molecule has 2 rings (SSSR count). The standard InChI is InChI=1S/C9H7BI2N2O.CH3.U/c11-9-6(3-4-13)1-2-7-5-14-12-10(15)8(7)9;;/h1-2,5,13,15H,3H2;1H3;/q-2;-1;+2. The van der Waals surface area contributed by atoms with Gasteiger partial charge in [-0.25, -0.2) is 0 Å². The first-order chi connectivity index (χ1) is 7.24. The summed E-state index contributed by atoms with van der Waals surface area (Å²) in [7, 11) is 0. The molecule has 0 radical (unpaired) electrons. The summed E-state index contributed by atoms with van der Waals surface area (Å²) < 4.78 is 4.85. The van der Waals surface area contributed by atoms with Crippen molar-refractivity contribution in [3.8, 4) is 0 Å². The molecule has 2 N–H and O–H groups in total. The predicted octanol–water partition coefficient (Wildman–Crippen LogP) is -2.07. The molecule has 17 heavy (non-hydrogen) atoms. The molecule has 7 heteroatoms. The van der Waals surface area contributed by atoms with E-state index in [9.17, 15) is 5.02 Å². The molecule has 0 saturated carbocycles. The van der Waals surface area contributed by atoms with E-state index in [0.717, 1.165) is 20.2 Å². The summed E-state index contributed by atoms with van der Waals surface area (Å²) in [6, 6.07) is 3.93. The first kappa shape index (κ1) is 18.1. The maximum absolute atomic E-state index is 9.90. The summed E-state index contributed by atoms with van der Waals surface area (Å²) in [6.45, 7) is 0. The summed E-state index contributed by atoms with van der Waals surface area (Å²) in [6.07, 6.45) is 4.74. The molecule has 0 spiro atoms. The zero-order valence-electron chi connectivity index (χ0n) is 9.17. The molecule has 1 aliphatic heterocycles. The van der Waals surface area contributed by atoms with E-state index in [1.807, 2.05) is 18.3 Å². The number of benzene rings is 1. The van der Waals surface area contributed by atoms with E-state index in [-0.39, 0.29) is 38.5 Å². The number of nitrogens with one attached hydrogen (secondary N) is 1. The van der Waals surface area contributed by atoms with Gasteiger partial charge in [-0.2, -0.15) is 0 Å². The molecule has 0 aromatic heterocycles. The van der Waals surface area contributed by atoms with Crippen molar-refractivity contribution < 1.29 is 57.4 Å². The minimum Gasteiger partial charge on any atom is -0.358 e. The van der Waals surface area contributed by atoms with Crippen LogP contribution in [0.5, 0.6) is 0 Å². The van der Waals surface area contributed by atoms with Crippen molar-refractivity contribution in [2.24, 2.45) is 3.21 Å². The topological polar surface area (TPSA) is 56.4 Å². The van der Waals surface area contributed by atoms with Gasteiger partial charge in [0, 0.05) is 0 Å². The summed E-state index contributed by atoms with van der Waals surface area (Å²) in [5, 5.41) is 16.9. The Balaban J connectivity index is 0.00000128. The van der Waals surface area contributed by atoms with Crippen LogP contribution in [0.15, 0.2) is 15.3 Å². The van der Waals surface area contributed by atoms with Gasteiger partial charge >= 0.3 is 145 Å². The zero-order chi connectivity index (χ0) is 10.8. The van der Waals surface area contributed by atoms with Crippen molar-refractivity contribution in [2.75, 3.05) is 0 Å². The van der Waals surface area contributed by atoms with Crippen LogP contribution in [-0.4, -0.2) is 22.2 Å². The van der Waals surface area contributed by atoms with E-state index >= 15 is 0 Å². The van der Waals surface area contributed by atoms with Gasteiger partial charge in [-0.1, -0.05) is 0 Å². The molecule has 1 heterocycles. The normalized spacial score (nSPS) is 12.7. The second-order valence-corrected chi connectivity index (χ2v) is 6.43. The third kappa shape index (κ3) is 4.03. The second-order valence-electron chi connectivity index (χ2n) is 3.06. The Morgan fingerprint density at radius 3 is 2.88 bits per heavy atom. The average Bonchev–Trinajstić information content (AvgIpc) is 2.22. The Kier molecular flexibility index (Phi) is 8.84. The second kappa shape index (κ2) is 8.30. The van der Waals surface area contributed by atoms with Crippen molar-refractivity contribution in [1.29, 1.82) is 5.41 Å². The maximum Gasteiger partial charge on any atom is 2.00 e. The molecule has 0 saturated heterocycles. The zero-order valence-corrected chi connectivity index (χ0v) is 17.6. The van der Waals surface area contributed by atoms with E-state index in [1.54, 1.807) is 0 Å². The van der Waals surface area contributed by atoms with E-state index in [2.05, 4.69) is 32.0 Å². The number of rotatable bonds is 2. The van der Waals surface area contributed by atoms with Crippen molar-refractivity contribution in [2.45, 2.75) is 6.42 Å². The van der Waals surface area contributed by atoms with Gasteiger partial charge in [-0.15, -0.1) is 0 Å². The van der Waals surface area contributed by atoms with Crippen molar-refractivity contribution in [1.82, 2.24) is 0 Å². The van der Waals surface area contributed by atoms with Crippen LogP contribution in [0, 0.1) is 47.5 Å². The van der Waals surface area contributed by atoms with Gasteiger partial charge in [0.1, 0.15) is 0 Å². The Morgan fingerprint density at radius 2 is 2.24 bits per heavy atom. The monoisotopic (exact) mass is 677 g/mol. The molecular formula is C10H10BI2N2OU-. The molecule has 0 unspecified atom stereocenters. The van der Waals surface area contributed by atoms with Crippen LogP contribution in [0.25, 0.3) is 0 Å². The number of hydrogen-bond donors (Lipinski definition) is 2. The van der Waals surface area contributed by atoms with E-state index in [1.165, 1.54) is 0 Å². The van der Waals surface area contributed by atoms with Crippen molar-refractivity contribution in [3.63, 3.8) is 0 Å². The first-order valence-corrected chi connectivity index (χ1v) is 7.58. The minimum absolute atomic E-state index is 0. The Hall–Kier alpha value is 1.10. The molecule has 0 aliphatic carbocycles. The fourth-order valence-corrected chi connectivity index (χ4v) is 4.71. The fraction of sp³-hybridized carbons (Fsp3) is 0.100. The van der Waals surface area contributed by atoms with Gasteiger partial charge in [0.2, 0.25) is 0 Å². The maximum atomic E-state index is 9.90.